The predicted molar refractivity (Wildman–Crippen MR) is 77.0 cm³/mol. The SMILES string of the molecule is O=[N+]([O-])c1ccc(S(=O)(=O)NC2CCNCC2)cc1Br. The van der Waals surface area contributed by atoms with Crippen LogP contribution in [0.1, 0.15) is 12.8 Å². The van der Waals surface area contributed by atoms with Gasteiger partial charge < -0.3 is 5.32 Å². The molecule has 0 saturated carbocycles. The Hall–Kier alpha value is -1.03. The Morgan fingerprint density at radius 3 is 2.55 bits per heavy atom. The minimum absolute atomic E-state index is 0.0218. The summed E-state index contributed by atoms with van der Waals surface area (Å²) >= 11 is 3.02. The predicted octanol–water partition coefficient (Wildman–Crippen LogP) is 1.39. The molecule has 0 radical (unpaired) electrons. The minimum atomic E-state index is -3.66. The Balaban J connectivity index is 2.20. The number of nitro groups is 1. The van der Waals surface area contributed by atoms with E-state index in [-0.39, 0.29) is 21.1 Å². The number of hydrogen-bond acceptors (Lipinski definition) is 5. The van der Waals surface area contributed by atoms with E-state index >= 15 is 0 Å². The molecular weight excluding hydrogens is 350 g/mol. The molecule has 0 spiro atoms. The first-order valence-electron chi connectivity index (χ1n) is 6.07. The highest BCUT2D eigenvalue weighted by atomic mass is 79.9. The van der Waals surface area contributed by atoms with Gasteiger partial charge in [0.1, 0.15) is 0 Å². The number of hydrogen-bond donors (Lipinski definition) is 2. The number of rotatable bonds is 4. The van der Waals surface area contributed by atoms with Crippen molar-refractivity contribution in [3.8, 4) is 0 Å². The number of sulfonamides is 1. The third-order valence-electron chi connectivity index (χ3n) is 3.09. The van der Waals surface area contributed by atoms with Gasteiger partial charge in [0.25, 0.3) is 5.69 Å². The lowest BCUT2D eigenvalue weighted by Gasteiger charge is -2.23. The molecule has 0 unspecified atom stereocenters. The molecule has 7 nitrogen and oxygen atoms in total. The molecule has 0 amide bonds. The van der Waals surface area contributed by atoms with Crippen LogP contribution in [0.2, 0.25) is 0 Å². The number of nitrogens with zero attached hydrogens (tertiary/aromatic N) is 1. The molecule has 2 rings (SSSR count). The van der Waals surface area contributed by atoms with E-state index in [4.69, 9.17) is 0 Å². The van der Waals surface area contributed by atoms with E-state index < -0.39 is 14.9 Å². The van der Waals surface area contributed by atoms with Gasteiger partial charge in [-0.05, 0) is 54.0 Å². The summed E-state index contributed by atoms with van der Waals surface area (Å²) in [4.78, 5) is 10.2. The molecule has 0 aromatic heterocycles. The van der Waals surface area contributed by atoms with Crippen LogP contribution in [-0.4, -0.2) is 32.5 Å². The third-order valence-corrected chi connectivity index (χ3v) is 5.24. The second kappa shape index (κ2) is 6.17. The quantitative estimate of drug-likeness (QED) is 0.621. The number of nitrogens with one attached hydrogen (secondary N) is 2. The maximum Gasteiger partial charge on any atom is 0.283 e. The summed E-state index contributed by atoms with van der Waals surface area (Å²) in [5, 5.41) is 13.9. The molecule has 1 aliphatic rings. The van der Waals surface area contributed by atoms with Gasteiger partial charge in [-0.1, -0.05) is 0 Å². The maximum atomic E-state index is 12.2. The fourth-order valence-electron chi connectivity index (χ4n) is 2.03. The highest BCUT2D eigenvalue weighted by Crippen LogP contribution is 2.27. The van der Waals surface area contributed by atoms with E-state index in [1.54, 1.807) is 0 Å². The van der Waals surface area contributed by atoms with Crippen LogP contribution in [0.25, 0.3) is 0 Å². The second-order valence-electron chi connectivity index (χ2n) is 4.52. The molecule has 1 aromatic rings. The molecule has 1 aliphatic heterocycles. The molecule has 110 valence electrons. The zero-order valence-corrected chi connectivity index (χ0v) is 12.9. The van der Waals surface area contributed by atoms with E-state index in [0.29, 0.717) is 0 Å². The van der Waals surface area contributed by atoms with Crippen LogP contribution in [-0.2, 0) is 10.0 Å². The van der Waals surface area contributed by atoms with Crippen molar-refractivity contribution in [2.24, 2.45) is 0 Å². The van der Waals surface area contributed by atoms with Crippen LogP contribution in [0.15, 0.2) is 27.6 Å². The Morgan fingerprint density at radius 1 is 1.35 bits per heavy atom. The molecule has 0 bridgehead atoms. The normalized spacial score (nSPS) is 17.1. The molecule has 0 atom stereocenters. The van der Waals surface area contributed by atoms with Crippen LogP contribution in [0.5, 0.6) is 0 Å². The van der Waals surface area contributed by atoms with Crippen molar-refractivity contribution >= 4 is 31.6 Å². The van der Waals surface area contributed by atoms with Gasteiger partial charge in [0.05, 0.1) is 14.3 Å². The first kappa shape index (κ1) is 15.4. The summed E-state index contributed by atoms with van der Waals surface area (Å²) in [5.74, 6) is 0. The van der Waals surface area contributed by atoms with Crippen molar-refractivity contribution in [2.45, 2.75) is 23.8 Å². The van der Waals surface area contributed by atoms with Gasteiger partial charge in [-0.15, -0.1) is 0 Å². The summed E-state index contributed by atoms with van der Waals surface area (Å²) in [6, 6.07) is 3.57. The molecule has 1 aromatic carbocycles. The number of piperidine rings is 1. The standard InChI is InChI=1S/C11H14BrN3O4S/c12-10-7-9(1-2-11(10)15(16)17)20(18,19)14-8-3-5-13-6-4-8/h1-2,7-8,13-14H,3-6H2. The fraction of sp³-hybridized carbons (Fsp3) is 0.455. The Kier molecular flexibility index (Phi) is 4.74. The molecule has 2 N–H and O–H groups in total. The monoisotopic (exact) mass is 363 g/mol. The lowest BCUT2D eigenvalue weighted by atomic mass is 10.1. The summed E-state index contributed by atoms with van der Waals surface area (Å²) in [6.07, 6.45) is 1.46. The van der Waals surface area contributed by atoms with Crippen LogP contribution < -0.4 is 10.0 Å². The smallest absolute Gasteiger partial charge is 0.283 e. The average Bonchev–Trinajstić information content (AvgIpc) is 2.38. The van der Waals surface area contributed by atoms with Gasteiger partial charge >= 0.3 is 0 Å². The molecule has 1 heterocycles. The Labute approximate surface area is 125 Å². The number of halogens is 1. The molecule has 9 heteroatoms. The summed E-state index contributed by atoms with van der Waals surface area (Å²) < 4.78 is 27.2. The number of nitro benzene ring substituents is 1. The highest BCUT2D eigenvalue weighted by Gasteiger charge is 2.23. The van der Waals surface area contributed by atoms with Gasteiger partial charge in [0.15, 0.2) is 0 Å². The van der Waals surface area contributed by atoms with E-state index in [1.807, 2.05) is 0 Å². The maximum absolute atomic E-state index is 12.2. The van der Waals surface area contributed by atoms with Crippen LogP contribution >= 0.6 is 15.9 Å². The summed E-state index contributed by atoms with van der Waals surface area (Å²) in [5.41, 5.74) is -0.161. The van der Waals surface area contributed by atoms with Crippen molar-refractivity contribution in [3.05, 3.63) is 32.8 Å². The van der Waals surface area contributed by atoms with Gasteiger partial charge in [0, 0.05) is 12.1 Å². The summed E-state index contributed by atoms with van der Waals surface area (Å²) in [6.45, 7) is 1.55. The van der Waals surface area contributed by atoms with E-state index in [1.165, 1.54) is 18.2 Å². The minimum Gasteiger partial charge on any atom is -0.317 e. The molecule has 0 aliphatic carbocycles. The van der Waals surface area contributed by atoms with Crippen LogP contribution in [0.3, 0.4) is 0 Å². The Morgan fingerprint density at radius 2 is 2.00 bits per heavy atom. The topological polar surface area (TPSA) is 101 Å². The van der Waals surface area contributed by atoms with E-state index in [2.05, 4.69) is 26.0 Å². The van der Waals surface area contributed by atoms with E-state index in [9.17, 15) is 18.5 Å². The van der Waals surface area contributed by atoms with Gasteiger partial charge in [-0.25, -0.2) is 13.1 Å². The zero-order valence-electron chi connectivity index (χ0n) is 10.5. The number of benzene rings is 1. The average molecular weight is 364 g/mol. The fourth-order valence-corrected chi connectivity index (χ4v) is 4.04. The first-order valence-corrected chi connectivity index (χ1v) is 8.35. The second-order valence-corrected chi connectivity index (χ2v) is 7.08. The highest BCUT2D eigenvalue weighted by molar-refractivity contribution is 9.10. The van der Waals surface area contributed by atoms with Crippen molar-refractivity contribution in [2.75, 3.05) is 13.1 Å². The van der Waals surface area contributed by atoms with Crippen LogP contribution in [0, 0.1) is 10.1 Å². The van der Waals surface area contributed by atoms with Gasteiger partial charge in [-0.3, -0.25) is 10.1 Å². The van der Waals surface area contributed by atoms with Gasteiger partial charge in [0.2, 0.25) is 10.0 Å². The van der Waals surface area contributed by atoms with E-state index in [0.717, 1.165) is 25.9 Å². The third kappa shape index (κ3) is 3.54. The summed E-state index contributed by atoms with van der Waals surface area (Å²) in [7, 11) is -3.66. The van der Waals surface area contributed by atoms with Gasteiger partial charge in [-0.2, -0.15) is 0 Å². The molecule has 1 saturated heterocycles. The lowest BCUT2D eigenvalue weighted by molar-refractivity contribution is -0.385. The Bertz CT molecular complexity index is 614. The van der Waals surface area contributed by atoms with Crippen molar-refractivity contribution < 1.29 is 13.3 Å². The molecule has 20 heavy (non-hydrogen) atoms. The zero-order chi connectivity index (χ0) is 14.8. The first-order chi connectivity index (χ1) is 9.40. The van der Waals surface area contributed by atoms with Crippen LogP contribution in [0.4, 0.5) is 5.69 Å². The lowest BCUT2D eigenvalue weighted by Crippen LogP contribution is -2.42. The van der Waals surface area contributed by atoms with Crippen molar-refractivity contribution in [3.63, 3.8) is 0 Å². The van der Waals surface area contributed by atoms with Crippen molar-refractivity contribution in [1.29, 1.82) is 0 Å². The largest absolute Gasteiger partial charge is 0.317 e. The molecule has 1 fully saturated rings. The van der Waals surface area contributed by atoms with Crippen molar-refractivity contribution in [1.82, 2.24) is 10.0 Å². The molecular formula is C11H14BrN3O4S.